The molecule has 1 N–H and O–H groups in total. The van der Waals surface area contributed by atoms with Gasteiger partial charge in [-0.1, -0.05) is 12.5 Å². The number of methoxy groups -OCH3 is 2. The third kappa shape index (κ3) is 5.75. The molecule has 128 valence electrons. The summed E-state index contributed by atoms with van der Waals surface area (Å²) in [6, 6.07) is 5.58. The zero-order chi connectivity index (χ0) is 16.5. The number of hydrogen-bond acceptors (Lipinski definition) is 4. The van der Waals surface area contributed by atoms with E-state index < -0.39 is 0 Å². The molecule has 0 spiro atoms. The first-order chi connectivity index (χ1) is 11.2. The average molecular weight is 320 g/mol. The summed E-state index contributed by atoms with van der Waals surface area (Å²) in [4.78, 5) is 14.5. The summed E-state index contributed by atoms with van der Waals surface area (Å²) in [5, 5.41) is 3.00. The highest BCUT2D eigenvalue weighted by molar-refractivity contribution is 5.78. The Hall–Kier alpha value is -1.75. The molecule has 0 unspecified atom stereocenters. The van der Waals surface area contributed by atoms with E-state index in [9.17, 15) is 4.79 Å². The Morgan fingerprint density at radius 1 is 1.13 bits per heavy atom. The largest absolute Gasteiger partial charge is 0.493 e. The zero-order valence-corrected chi connectivity index (χ0v) is 14.3. The standard InChI is InChI=1S/C18H28N2O3/c1-22-16-8-7-15(13-17(16)23-2)14-18(21)19-9-6-12-20-10-4-3-5-11-20/h7-8,13H,3-6,9-12,14H2,1-2H3,(H,19,21). The zero-order valence-electron chi connectivity index (χ0n) is 14.3. The summed E-state index contributed by atoms with van der Waals surface area (Å²) in [6.07, 6.45) is 5.36. The molecule has 0 bridgehead atoms. The summed E-state index contributed by atoms with van der Waals surface area (Å²) in [6.45, 7) is 4.23. The van der Waals surface area contributed by atoms with Crippen LogP contribution >= 0.6 is 0 Å². The third-order valence-corrected chi connectivity index (χ3v) is 4.23. The Kier molecular flexibility index (Phi) is 7.20. The number of amides is 1. The molecule has 2 rings (SSSR count). The Labute approximate surface area is 139 Å². The van der Waals surface area contributed by atoms with Crippen LogP contribution in [0.3, 0.4) is 0 Å². The fourth-order valence-electron chi connectivity index (χ4n) is 2.95. The van der Waals surface area contributed by atoms with Crippen molar-refractivity contribution in [2.75, 3.05) is 40.4 Å². The fourth-order valence-corrected chi connectivity index (χ4v) is 2.95. The molecule has 1 amide bonds. The molecule has 0 aliphatic carbocycles. The predicted octanol–water partition coefficient (Wildman–Crippen LogP) is 2.24. The molecular formula is C18H28N2O3. The van der Waals surface area contributed by atoms with Gasteiger partial charge >= 0.3 is 0 Å². The van der Waals surface area contributed by atoms with Crippen LogP contribution in [0, 0.1) is 0 Å². The minimum atomic E-state index is 0.0517. The van der Waals surface area contributed by atoms with Crippen LogP contribution in [-0.2, 0) is 11.2 Å². The molecule has 1 aromatic rings. The summed E-state index contributed by atoms with van der Waals surface area (Å²) in [5.74, 6) is 1.39. The van der Waals surface area contributed by atoms with Gasteiger partial charge in [-0.3, -0.25) is 4.79 Å². The van der Waals surface area contributed by atoms with E-state index in [-0.39, 0.29) is 5.91 Å². The summed E-state index contributed by atoms with van der Waals surface area (Å²) < 4.78 is 10.5. The summed E-state index contributed by atoms with van der Waals surface area (Å²) in [7, 11) is 3.20. The van der Waals surface area contributed by atoms with Gasteiger partial charge in [-0.15, -0.1) is 0 Å². The molecule has 5 nitrogen and oxygen atoms in total. The van der Waals surface area contributed by atoms with E-state index in [1.807, 2.05) is 18.2 Å². The molecule has 0 radical (unpaired) electrons. The molecule has 0 saturated carbocycles. The van der Waals surface area contributed by atoms with Crippen molar-refractivity contribution in [1.29, 1.82) is 0 Å². The molecule has 1 aliphatic heterocycles. The monoisotopic (exact) mass is 320 g/mol. The van der Waals surface area contributed by atoms with Crippen LogP contribution in [0.5, 0.6) is 11.5 Å². The van der Waals surface area contributed by atoms with E-state index in [4.69, 9.17) is 9.47 Å². The quantitative estimate of drug-likeness (QED) is 0.746. The van der Waals surface area contributed by atoms with E-state index in [2.05, 4.69) is 10.2 Å². The molecule has 1 saturated heterocycles. The van der Waals surface area contributed by atoms with E-state index >= 15 is 0 Å². The maximum atomic E-state index is 12.0. The number of likely N-dealkylation sites (tertiary alicyclic amines) is 1. The van der Waals surface area contributed by atoms with Gasteiger partial charge in [0.25, 0.3) is 0 Å². The van der Waals surface area contributed by atoms with Crippen LogP contribution in [0.2, 0.25) is 0 Å². The smallest absolute Gasteiger partial charge is 0.224 e. The third-order valence-electron chi connectivity index (χ3n) is 4.23. The van der Waals surface area contributed by atoms with Crippen LogP contribution in [-0.4, -0.2) is 51.2 Å². The van der Waals surface area contributed by atoms with Crippen molar-refractivity contribution < 1.29 is 14.3 Å². The maximum absolute atomic E-state index is 12.0. The van der Waals surface area contributed by atoms with Gasteiger partial charge in [0.05, 0.1) is 20.6 Å². The van der Waals surface area contributed by atoms with Crippen molar-refractivity contribution in [2.24, 2.45) is 0 Å². The predicted molar refractivity (Wildman–Crippen MR) is 91.2 cm³/mol. The number of rotatable bonds is 8. The number of piperidine rings is 1. The van der Waals surface area contributed by atoms with Crippen LogP contribution in [0.25, 0.3) is 0 Å². The first-order valence-corrected chi connectivity index (χ1v) is 8.43. The second-order valence-electron chi connectivity index (χ2n) is 5.97. The molecular weight excluding hydrogens is 292 g/mol. The molecule has 1 aliphatic rings. The minimum absolute atomic E-state index is 0.0517. The van der Waals surface area contributed by atoms with Gasteiger partial charge in [0.2, 0.25) is 5.91 Å². The number of ether oxygens (including phenoxy) is 2. The van der Waals surface area contributed by atoms with Gasteiger partial charge in [-0.25, -0.2) is 0 Å². The van der Waals surface area contributed by atoms with Gasteiger partial charge < -0.3 is 19.7 Å². The van der Waals surface area contributed by atoms with E-state index in [0.29, 0.717) is 17.9 Å². The van der Waals surface area contributed by atoms with Crippen LogP contribution in [0.15, 0.2) is 18.2 Å². The topological polar surface area (TPSA) is 50.8 Å². The van der Waals surface area contributed by atoms with Gasteiger partial charge in [-0.05, 0) is 56.6 Å². The molecule has 1 heterocycles. The minimum Gasteiger partial charge on any atom is -0.493 e. The Bertz CT molecular complexity index is 499. The van der Waals surface area contributed by atoms with Gasteiger partial charge in [0, 0.05) is 6.54 Å². The molecule has 0 atom stereocenters. The molecule has 1 fully saturated rings. The van der Waals surface area contributed by atoms with Crippen molar-refractivity contribution in [3.63, 3.8) is 0 Å². The maximum Gasteiger partial charge on any atom is 0.224 e. The highest BCUT2D eigenvalue weighted by atomic mass is 16.5. The van der Waals surface area contributed by atoms with Crippen LogP contribution < -0.4 is 14.8 Å². The molecule has 0 aromatic heterocycles. The number of nitrogens with one attached hydrogen (secondary N) is 1. The lowest BCUT2D eigenvalue weighted by Gasteiger charge is -2.26. The van der Waals surface area contributed by atoms with Crippen LogP contribution in [0.4, 0.5) is 0 Å². The number of carbonyl (C=O) groups excluding carboxylic acids is 1. The molecule has 5 heteroatoms. The lowest BCUT2D eigenvalue weighted by Crippen LogP contribution is -2.33. The highest BCUT2D eigenvalue weighted by Gasteiger charge is 2.10. The molecule has 23 heavy (non-hydrogen) atoms. The second kappa shape index (κ2) is 9.40. The van der Waals surface area contributed by atoms with Crippen molar-refractivity contribution in [3.05, 3.63) is 23.8 Å². The van der Waals surface area contributed by atoms with E-state index in [1.54, 1.807) is 14.2 Å². The van der Waals surface area contributed by atoms with Crippen molar-refractivity contribution >= 4 is 5.91 Å². The van der Waals surface area contributed by atoms with Gasteiger partial charge in [-0.2, -0.15) is 0 Å². The van der Waals surface area contributed by atoms with Gasteiger partial charge in [0.15, 0.2) is 11.5 Å². The Balaban J connectivity index is 1.69. The first-order valence-electron chi connectivity index (χ1n) is 8.43. The van der Waals surface area contributed by atoms with E-state index in [0.717, 1.165) is 25.1 Å². The average Bonchev–Trinajstić information content (AvgIpc) is 2.59. The highest BCUT2D eigenvalue weighted by Crippen LogP contribution is 2.27. The number of nitrogens with zero attached hydrogens (tertiary/aromatic N) is 1. The van der Waals surface area contributed by atoms with E-state index in [1.165, 1.54) is 32.4 Å². The Morgan fingerprint density at radius 2 is 1.87 bits per heavy atom. The summed E-state index contributed by atoms with van der Waals surface area (Å²) in [5.41, 5.74) is 0.927. The molecule has 1 aromatic carbocycles. The summed E-state index contributed by atoms with van der Waals surface area (Å²) >= 11 is 0. The number of carbonyl (C=O) groups is 1. The van der Waals surface area contributed by atoms with Crippen molar-refractivity contribution in [1.82, 2.24) is 10.2 Å². The fraction of sp³-hybridized carbons (Fsp3) is 0.611. The first kappa shape index (κ1) is 17.6. The normalized spacial score (nSPS) is 15.2. The van der Waals surface area contributed by atoms with Crippen molar-refractivity contribution in [3.8, 4) is 11.5 Å². The number of hydrogen-bond donors (Lipinski definition) is 1. The second-order valence-corrected chi connectivity index (χ2v) is 5.97. The lowest BCUT2D eigenvalue weighted by molar-refractivity contribution is -0.120. The number of benzene rings is 1. The van der Waals surface area contributed by atoms with Crippen molar-refractivity contribution in [2.45, 2.75) is 32.1 Å². The van der Waals surface area contributed by atoms with Gasteiger partial charge in [0.1, 0.15) is 0 Å². The SMILES string of the molecule is COc1ccc(CC(=O)NCCCN2CCCCC2)cc1OC. The Morgan fingerprint density at radius 3 is 2.57 bits per heavy atom. The van der Waals surface area contributed by atoms with Crippen LogP contribution in [0.1, 0.15) is 31.2 Å². The lowest BCUT2D eigenvalue weighted by atomic mass is 10.1.